The third-order valence-electron chi connectivity index (χ3n) is 3.78. The van der Waals surface area contributed by atoms with Crippen molar-refractivity contribution >= 4 is 17.3 Å². The molecule has 126 valence electrons. The molecule has 2 heterocycles. The van der Waals surface area contributed by atoms with Crippen molar-refractivity contribution in [1.29, 1.82) is 0 Å². The van der Waals surface area contributed by atoms with Gasteiger partial charge in [0.2, 0.25) is 0 Å². The molecule has 3 rings (SSSR count). The number of phenols is 1. The summed E-state index contributed by atoms with van der Waals surface area (Å²) >= 11 is 0. The second-order valence-corrected chi connectivity index (χ2v) is 5.61. The predicted octanol–water partition coefficient (Wildman–Crippen LogP) is 2.16. The number of nitrogens with one attached hydrogen (secondary N) is 1. The number of hydrogen-bond donors (Lipinski definition) is 2. The molecule has 0 atom stereocenters. The SMILES string of the molecule is C/C(=N\Nc1cc(N2CCOCC2)nc(C)n1)c1ccc(O)cc1. The van der Waals surface area contributed by atoms with Crippen LogP contribution in [-0.2, 0) is 4.74 Å². The van der Waals surface area contributed by atoms with Crippen molar-refractivity contribution in [2.45, 2.75) is 13.8 Å². The first-order chi connectivity index (χ1) is 11.6. The van der Waals surface area contributed by atoms with Crippen LogP contribution in [0.15, 0.2) is 35.4 Å². The van der Waals surface area contributed by atoms with Gasteiger partial charge in [0.05, 0.1) is 18.9 Å². The zero-order valence-corrected chi connectivity index (χ0v) is 13.9. The lowest BCUT2D eigenvalue weighted by molar-refractivity contribution is 0.122. The Morgan fingerprint density at radius 1 is 1.21 bits per heavy atom. The van der Waals surface area contributed by atoms with Crippen LogP contribution in [0.2, 0.25) is 0 Å². The van der Waals surface area contributed by atoms with Crippen molar-refractivity contribution in [3.05, 3.63) is 41.7 Å². The van der Waals surface area contributed by atoms with Crippen LogP contribution in [0.4, 0.5) is 11.6 Å². The van der Waals surface area contributed by atoms with Crippen LogP contribution in [-0.4, -0.2) is 47.1 Å². The Morgan fingerprint density at radius 2 is 1.92 bits per heavy atom. The normalized spacial score (nSPS) is 15.4. The highest BCUT2D eigenvalue weighted by atomic mass is 16.5. The standard InChI is InChI=1S/C17H21N5O2/c1-12(14-3-5-15(23)6-4-14)20-21-16-11-17(19-13(2)18-16)22-7-9-24-10-8-22/h3-6,11,23H,7-10H2,1-2H3,(H,18,19,21)/b20-12+. The van der Waals surface area contributed by atoms with Crippen LogP contribution in [0.25, 0.3) is 0 Å². The van der Waals surface area contributed by atoms with E-state index in [0.29, 0.717) is 24.9 Å². The first kappa shape index (κ1) is 16.2. The highest BCUT2D eigenvalue weighted by Gasteiger charge is 2.14. The van der Waals surface area contributed by atoms with E-state index in [2.05, 4.69) is 25.4 Å². The van der Waals surface area contributed by atoms with Gasteiger partial charge in [0.1, 0.15) is 17.4 Å². The average Bonchev–Trinajstić information content (AvgIpc) is 2.60. The molecule has 7 nitrogen and oxygen atoms in total. The lowest BCUT2D eigenvalue weighted by atomic mass is 10.1. The van der Waals surface area contributed by atoms with Gasteiger partial charge in [-0.1, -0.05) is 0 Å². The number of phenolic OH excluding ortho intramolecular Hbond substituents is 1. The summed E-state index contributed by atoms with van der Waals surface area (Å²) in [6.45, 7) is 6.84. The molecule has 1 saturated heterocycles. The van der Waals surface area contributed by atoms with E-state index >= 15 is 0 Å². The van der Waals surface area contributed by atoms with Gasteiger partial charge >= 0.3 is 0 Å². The Kier molecular flexibility index (Phi) is 4.90. The molecule has 0 unspecified atom stereocenters. The summed E-state index contributed by atoms with van der Waals surface area (Å²) in [4.78, 5) is 11.1. The molecule has 0 saturated carbocycles. The number of benzene rings is 1. The molecular formula is C17H21N5O2. The summed E-state index contributed by atoms with van der Waals surface area (Å²) in [5, 5.41) is 13.7. The summed E-state index contributed by atoms with van der Waals surface area (Å²) in [7, 11) is 0. The van der Waals surface area contributed by atoms with Gasteiger partial charge in [-0.15, -0.1) is 0 Å². The largest absolute Gasteiger partial charge is 0.508 e. The molecule has 0 aliphatic carbocycles. The average molecular weight is 327 g/mol. The van der Waals surface area contributed by atoms with Crippen LogP contribution in [0.5, 0.6) is 5.75 Å². The molecule has 24 heavy (non-hydrogen) atoms. The van der Waals surface area contributed by atoms with E-state index in [9.17, 15) is 5.11 Å². The van der Waals surface area contributed by atoms with Gasteiger partial charge in [-0.2, -0.15) is 5.10 Å². The number of aryl methyl sites for hydroxylation is 1. The maximum atomic E-state index is 9.35. The molecule has 0 radical (unpaired) electrons. The number of hydrazone groups is 1. The summed E-state index contributed by atoms with van der Waals surface area (Å²) in [5.41, 5.74) is 4.73. The number of nitrogens with zero attached hydrogens (tertiary/aromatic N) is 4. The van der Waals surface area contributed by atoms with Crippen molar-refractivity contribution in [3.8, 4) is 5.75 Å². The Balaban J connectivity index is 1.75. The fourth-order valence-electron chi connectivity index (χ4n) is 2.47. The Hall–Kier alpha value is -2.67. The molecule has 2 aromatic rings. The van der Waals surface area contributed by atoms with Crippen molar-refractivity contribution in [2.24, 2.45) is 5.10 Å². The molecule has 7 heteroatoms. The van der Waals surface area contributed by atoms with Crippen molar-refractivity contribution < 1.29 is 9.84 Å². The van der Waals surface area contributed by atoms with Crippen LogP contribution < -0.4 is 10.3 Å². The number of rotatable bonds is 4. The number of anilines is 2. The summed E-state index contributed by atoms with van der Waals surface area (Å²) < 4.78 is 5.38. The molecule has 1 fully saturated rings. The van der Waals surface area contributed by atoms with E-state index in [-0.39, 0.29) is 5.75 Å². The van der Waals surface area contributed by atoms with Gasteiger partial charge < -0.3 is 14.7 Å². The monoisotopic (exact) mass is 327 g/mol. The van der Waals surface area contributed by atoms with E-state index in [0.717, 1.165) is 30.2 Å². The quantitative estimate of drug-likeness (QED) is 0.661. The summed E-state index contributed by atoms with van der Waals surface area (Å²) in [5.74, 6) is 2.47. The molecule has 1 aromatic heterocycles. The van der Waals surface area contributed by atoms with Crippen LogP contribution in [0.3, 0.4) is 0 Å². The summed E-state index contributed by atoms with van der Waals surface area (Å²) in [6.07, 6.45) is 0. The third-order valence-corrected chi connectivity index (χ3v) is 3.78. The molecule has 0 bridgehead atoms. The first-order valence-electron chi connectivity index (χ1n) is 7.90. The van der Waals surface area contributed by atoms with Gasteiger partial charge in [-0.05, 0) is 43.7 Å². The fourth-order valence-corrected chi connectivity index (χ4v) is 2.47. The first-order valence-corrected chi connectivity index (χ1v) is 7.90. The van der Waals surface area contributed by atoms with E-state index in [1.54, 1.807) is 12.1 Å². The van der Waals surface area contributed by atoms with Crippen molar-refractivity contribution in [1.82, 2.24) is 9.97 Å². The van der Waals surface area contributed by atoms with E-state index in [1.807, 2.05) is 32.0 Å². The Labute approximate surface area is 141 Å². The van der Waals surface area contributed by atoms with Gasteiger partial charge in [-0.25, -0.2) is 9.97 Å². The zero-order chi connectivity index (χ0) is 16.9. The van der Waals surface area contributed by atoms with Crippen LogP contribution >= 0.6 is 0 Å². The van der Waals surface area contributed by atoms with E-state index < -0.39 is 0 Å². The smallest absolute Gasteiger partial charge is 0.152 e. The van der Waals surface area contributed by atoms with Crippen LogP contribution in [0, 0.1) is 6.92 Å². The van der Waals surface area contributed by atoms with E-state index in [4.69, 9.17) is 4.74 Å². The Bertz CT molecular complexity index is 724. The zero-order valence-electron chi connectivity index (χ0n) is 13.9. The molecule has 1 aliphatic heterocycles. The van der Waals surface area contributed by atoms with Crippen LogP contribution in [0.1, 0.15) is 18.3 Å². The molecule has 2 N–H and O–H groups in total. The second-order valence-electron chi connectivity index (χ2n) is 5.61. The number of ether oxygens (including phenoxy) is 1. The highest BCUT2D eigenvalue weighted by molar-refractivity contribution is 5.99. The van der Waals surface area contributed by atoms with Gasteiger partial charge in [0.25, 0.3) is 0 Å². The number of morpholine rings is 1. The Morgan fingerprint density at radius 3 is 2.62 bits per heavy atom. The number of hydrogen-bond acceptors (Lipinski definition) is 7. The van der Waals surface area contributed by atoms with Gasteiger partial charge in [-0.3, -0.25) is 5.43 Å². The maximum absolute atomic E-state index is 9.35. The highest BCUT2D eigenvalue weighted by Crippen LogP contribution is 2.17. The van der Waals surface area contributed by atoms with Crippen molar-refractivity contribution in [3.63, 3.8) is 0 Å². The lowest BCUT2D eigenvalue weighted by Gasteiger charge is -2.28. The topological polar surface area (TPSA) is 82.9 Å². The minimum absolute atomic E-state index is 0.237. The molecule has 1 aliphatic rings. The van der Waals surface area contributed by atoms with Crippen molar-refractivity contribution in [2.75, 3.05) is 36.6 Å². The minimum atomic E-state index is 0.237. The number of aromatic nitrogens is 2. The van der Waals surface area contributed by atoms with Gasteiger partial charge in [0, 0.05) is 19.2 Å². The fraction of sp³-hybridized carbons (Fsp3) is 0.353. The molecule has 0 spiro atoms. The predicted molar refractivity (Wildman–Crippen MR) is 93.7 cm³/mol. The molecular weight excluding hydrogens is 306 g/mol. The molecule has 0 amide bonds. The minimum Gasteiger partial charge on any atom is -0.508 e. The lowest BCUT2D eigenvalue weighted by Crippen LogP contribution is -2.36. The van der Waals surface area contributed by atoms with Gasteiger partial charge in [0.15, 0.2) is 5.82 Å². The third kappa shape index (κ3) is 3.99. The second kappa shape index (κ2) is 7.27. The van der Waals surface area contributed by atoms with E-state index in [1.165, 1.54) is 0 Å². The molecule has 1 aromatic carbocycles. The number of aromatic hydroxyl groups is 1. The summed E-state index contributed by atoms with van der Waals surface area (Å²) in [6, 6.07) is 8.81. The maximum Gasteiger partial charge on any atom is 0.152 e.